The molecule has 10 heavy (non-hydrogen) atoms. The first-order valence-electron chi connectivity index (χ1n) is 3.56. The summed E-state index contributed by atoms with van der Waals surface area (Å²) in [6.07, 6.45) is 4.40. The van der Waals surface area contributed by atoms with Crippen molar-refractivity contribution in [2.45, 2.75) is 37.9 Å². The molecule has 0 radical (unpaired) electrons. The van der Waals surface area contributed by atoms with Crippen molar-refractivity contribution in [1.82, 2.24) is 0 Å². The maximum absolute atomic E-state index is 4.27. The van der Waals surface area contributed by atoms with Crippen molar-refractivity contribution < 1.29 is 12.4 Å². The van der Waals surface area contributed by atoms with Crippen LogP contribution in [0.5, 0.6) is 0 Å². The van der Waals surface area contributed by atoms with Crippen molar-refractivity contribution in [1.29, 1.82) is 0 Å². The van der Waals surface area contributed by atoms with Gasteiger partial charge in [-0.25, -0.2) is 0 Å². The molecule has 1 aliphatic heterocycles. The largest absolute Gasteiger partial charge is 2.00 e. The zero-order valence-electron chi connectivity index (χ0n) is 6.83. The van der Waals surface area contributed by atoms with Gasteiger partial charge in [-0.1, -0.05) is 46.0 Å². The average molecular weight is 187 g/mol. The Kier molecular flexibility index (Phi) is 8.11. The first-order valence-corrected chi connectivity index (χ1v) is 6.68. The smallest absolute Gasteiger partial charge is 1.00 e. The Morgan fingerprint density at radius 2 is 1.50 bits per heavy atom. The van der Waals surface area contributed by atoms with Crippen LogP contribution in [0.4, 0.5) is 0 Å². The fourth-order valence-electron chi connectivity index (χ4n) is 1.41. The second-order valence-electron chi connectivity index (χ2n) is 3.37. The van der Waals surface area contributed by atoms with E-state index in [2.05, 4.69) is 13.1 Å². The quantitative estimate of drug-likeness (QED) is 0.345. The molecule has 0 aromatic carbocycles. The van der Waals surface area contributed by atoms with E-state index >= 15 is 0 Å². The first kappa shape index (κ1) is 13.8. The summed E-state index contributed by atoms with van der Waals surface area (Å²) in [5, 5.41) is 0. The molecule has 0 atom stereocenters. The van der Waals surface area contributed by atoms with Gasteiger partial charge >= 0.3 is 23.1 Å². The van der Waals surface area contributed by atoms with Crippen LogP contribution in [-0.2, 0) is 0 Å². The Bertz CT molecular complexity index is 77.7. The van der Waals surface area contributed by atoms with E-state index in [0.29, 0.717) is 0 Å². The van der Waals surface area contributed by atoms with Gasteiger partial charge in [-0.15, -0.1) is 0 Å². The number of rotatable bonds is 0. The zero-order chi connectivity index (χ0) is 6.04. The van der Waals surface area contributed by atoms with Gasteiger partial charge in [0.25, 0.3) is 0 Å². The predicted molar refractivity (Wildman–Crippen MR) is 46.2 cm³/mol. The van der Waals surface area contributed by atoms with Gasteiger partial charge in [0.2, 0.25) is 0 Å². The summed E-state index contributed by atoms with van der Waals surface area (Å²) in [5.74, 6) is 0. The molecule has 0 unspecified atom stereocenters. The maximum Gasteiger partial charge on any atom is 2.00 e. The van der Waals surface area contributed by atoms with Crippen LogP contribution in [0.2, 0.25) is 18.6 Å². The van der Waals surface area contributed by atoms with Gasteiger partial charge in [-0.2, -0.15) is 0 Å². The van der Waals surface area contributed by atoms with Gasteiger partial charge in [0, 0.05) is 0 Å². The fraction of sp³-hybridized carbons (Fsp3) is 0.857. The molecule has 1 fully saturated rings. The predicted octanol–water partition coefficient (Wildman–Crippen LogP) is -0.755. The molecule has 0 aromatic heterocycles. The molecular weight excluding hydrogens is 172 g/mol. The van der Waals surface area contributed by atoms with Crippen molar-refractivity contribution >= 4 is 31.1 Å². The molecular formula is C7H15ClMgSi. The summed E-state index contributed by atoms with van der Waals surface area (Å²) in [7, 11) is -0.840. The molecule has 0 spiro atoms. The van der Waals surface area contributed by atoms with Crippen LogP contribution in [-0.4, -0.2) is 31.1 Å². The maximum atomic E-state index is 4.27. The second kappa shape index (κ2) is 5.86. The van der Waals surface area contributed by atoms with Crippen LogP contribution in [0, 0.1) is 6.55 Å². The van der Waals surface area contributed by atoms with E-state index in [1.165, 1.54) is 31.4 Å². The van der Waals surface area contributed by atoms with E-state index in [1.54, 1.807) is 0 Å². The van der Waals surface area contributed by atoms with Crippen LogP contribution in [0.25, 0.3) is 0 Å². The minimum Gasteiger partial charge on any atom is -1.00 e. The van der Waals surface area contributed by atoms with Crippen LogP contribution < -0.4 is 12.4 Å². The van der Waals surface area contributed by atoms with Crippen molar-refractivity contribution in [2.75, 3.05) is 0 Å². The Hall–Kier alpha value is 1.27. The van der Waals surface area contributed by atoms with E-state index in [4.69, 9.17) is 0 Å². The third-order valence-electron chi connectivity index (χ3n) is 2.06. The van der Waals surface area contributed by atoms with Crippen LogP contribution in [0.3, 0.4) is 0 Å². The molecule has 0 aromatic rings. The number of hydrogen-bond acceptors (Lipinski definition) is 0. The molecule has 3 heteroatoms. The van der Waals surface area contributed by atoms with E-state index in [1.807, 2.05) is 0 Å². The fourth-order valence-corrected chi connectivity index (χ4v) is 3.86. The minimum atomic E-state index is -0.840. The molecule has 1 saturated heterocycles. The Labute approximate surface area is 87.7 Å². The Morgan fingerprint density at radius 1 is 1.10 bits per heavy atom. The second-order valence-corrected chi connectivity index (χ2v) is 7.99. The van der Waals surface area contributed by atoms with Crippen molar-refractivity contribution in [2.24, 2.45) is 0 Å². The third-order valence-corrected chi connectivity index (χ3v) is 5.18. The standard InChI is InChI=1S/C7H15Si.ClH.Mg/c1-8(2)6-4-3-5-7-8;;/h1,3-7H2,2H3;1H;/q-1;;+2/p-1. The molecule has 0 nitrogen and oxygen atoms in total. The molecule has 1 heterocycles. The summed E-state index contributed by atoms with van der Waals surface area (Å²) >= 11 is 0. The Balaban J connectivity index is 0. The summed E-state index contributed by atoms with van der Waals surface area (Å²) in [6.45, 7) is 6.68. The monoisotopic (exact) mass is 186 g/mol. The summed E-state index contributed by atoms with van der Waals surface area (Å²) in [4.78, 5) is 0. The topological polar surface area (TPSA) is 0 Å². The van der Waals surface area contributed by atoms with Crippen molar-refractivity contribution in [3.63, 3.8) is 0 Å². The van der Waals surface area contributed by atoms with Crippen LogP contribution >= 0.6 is 0 Å². The van der Waals surface area contributed by atoms with Gasteiger partial charge in [-0.05, 0) is 0 Å². The van der Waals surface area contributed by atoms with Gasteiger partial charge < -0.3 is 19.0 Å². The molecule has 0 amide bonds. The van der Waals surface area contributed by atoms with Gasteiger partial charge in [0.15, 0.2) is 0 Å². The first-order chi connectivity index (χ1) is 3.71. The number of halogens is 1. The molecule has 1 aliphatic rings. The van der Waals surface area contributed by atoms with Gasteiger partial charge in [0.05, 0.1) is 0 Å². The summed E-state index contributed by atoms with van der Waals surface area (Å²) < 4.78 is 0. The summed E-state index contributed by atoms with van der Waals surface area (Å²) in [6, 6.07) is 2.96. The molecule has 0 N–H and O–H groups in total. The minimum absolute atomic E-state index is 0. The average Bonchev–Trinajstić information content (AvgIpc) is 1.65. The van der Waals surface area contributed by atoms with E-state index < -0.39 is 8.07 Å². The van der Waals surface area contributed by atoms with E-state index in [9.17, 15) is 0 Å². The van der Waals surface area contributed by atoms with Gasteiger partial charge in [-0.3, -0.25) is 0 Å². The Morgan fingerprint density at radius 3 is 1.70 bits per heavy atom. The molecule has 0 saturated carbocycles. The number of hydrogen-bond donors (Lipinski definition) is 0. The zero-order valence-corrected chi connectivity index (χ0v) is 10.00. The summed E-state index contributed by atoms with van der Waals surface area (Å²) in [5.41, 5.74) is 0. The third kappa shape index (κ3) is 4.99. The van der Waals surface area contributed by atoms with Gasteiger partial charge in [0.1, 0.15) is 0 Å². The van der Waals surface area contributed by atoms with E-state index in [-0.39, 0.29) is 35.5 Å². The normalized spacial score (nSPS) is 22.2. The molecule has 1 rings (SSSR count). The molecule has 56 valence electrons. The molecule has 0 aliphatic carbocycles. The van der Waals surface area contributed by atoms with Crippen LogP contribution in [0.15, 0.2) is 0 Å². The SMILES string of the molecule is [CH2-][Si]1(C)CCCCC1.[Cl-].[Mg+2]. The van der Waals surface area contributed by atoms with Crippen molar-refractivity contribution in [3.8, 4) is 0 Å². The molecule has 0 bridgehead atoms. The van der Waals surface area contributed by atoms with Crippen molar-refractivity contribution in [3.05, 3.63) is 6.55 Å². The van der Waals surface area contributed by atoms with E-state index in [0.717, 1.165) is 0 Å². The van der Waals surface area contributed by atoms with Crippen LogP contribution in [0.1, 0.15) is 19.3 Å².